The van der Waals surface area contributed by atoms with Gasteiger partial charge < -0.3 is 0 Å². The average Bonchev–Trinajstić information content (AvgIpc) is 2.22. The quantitative estimate of drug-likeness (QED) is 0.587. The molecule has 0 bridgehead atoms. The number of rotatable bonds is 4. The number of carbonyl (C=O) groups is 1. The Bertz CT molecular complexity index is 338. The van der Waals surface area contributed by atoms with Crippen LogP contribution in [-0.4, -0.2) is 13.1 Å². The van der Waals surface area contributed by atoms with Gasteiger partial charge >= 0.3 is 5.97 Å². The number of carbonyl (C=O) groups excluding carboxylic acids is 1. The maximum absolute atomic E-state index is 11.5. The van der Waals surface area contributed by atoms with E-state index in [1.807, 2.05) is 25.1 Å². The number of benzene rings is 1. The van der Waals surface area contributed by atoms with Gasteiger partial charge in [0.2, 0.25) is 0 Å². The van der Waals surface area contributed by atoms with E-state index in [9.17, 15) is 4.79 Å². The van der Waals surface area contributed by atoms with Gasteiger partial charge in [0.15, 0.2) is 0 Å². The lowest BCUT2D eigenvalue weighted by Gasteiger charge is -2.13. The summed E-state index contributed by atoms with van der Waals surface area (Å²) in [7, 11) is 1.30. The van der Waals surface area contributed by atoms with Crippen molar-refractivity contribution in [2.24, 2.45) is 0 Å². The highest BCUT2D eigenvalue weighted by atomic mass is 35.5. The summed E-state index contributed by atoms with van der Waals surface area (Å²) in [6, 6.07) is 7.22. The van der Waals surface area contributed by atoms with Gasteiger partial charge in [-0.05, 0) is 18.1 Å². The SMILES string of the molecule is CCC(C(=O)OOC)c1ccccc1Cl. The lowest BCUT2D eigenvalue weighted by atomic mass is 9.97. The van der Waals surface area contributed by atoms with Crippen LogP contribution in [0.3, 0.4) is 0 Å². The summed E-state index contributed by atoms with van der Waals surface area (Å²) in [5.41, 5.74) is 0.767. The van der Waals surface area contributed by atoms with Crippen LogP contribution in [0.15, 0.2) is 24.3 Å². The second-order valence-electron chi connectivity index (χ2n) is 3.05. The van der Waals surface area contributed by atoms with Crippen molar-refractivity contribution in [2.75, 3.05) is 7.11 Å². The second kappa shape index (κ2) is 5.73. The Morgan fingerprint density at radius 1 is 1.47 bits per heavy atom. The van der Waals surface area contributed by atoms with Crippen molar-refractivity contribution in [1.29, 1.82) is 0 Å². The van der Waals surface area contributed by atoms with E-state index in [-0.39, 0.29) is 5.92 Å². The van der Waals surface area contributed by atoms with E-state index >= 15 is 0 Å². The molecule has 1 rings (SSSR count). The first-order chi connectivity index (χ1) is 7.20. The molecule has 0 saturated heterocycles. The fraction of sp³-hybridized carbons (Fsp3) is 0.364. The summed E-state index contributed by atoms with van der Waals surface area (Å²) in [4.78, 5) is 20.4. The van der Waals surface area contributed by atoms with Gasteiger partial charge in [0.05, 0.1) is 13.0 Å². The van der Waals surface area contributed by atoms with Crippen LogP contribution in [0.4, 0.5) is 0 Å². The van der Waals surface area contributed by atoms with Crippen LogP contribution in [-0.2, 0) is 14.6 Å². The van der Waals surface area contributed by atoms with Gasteiger partial charge in [-0.25, -0.2) is 4.79 Å². The third-order valence-corrected chi connectivity index (χ3v) is 2.48. The van der Waals surface area contributed by atoms with Gasteiger partial charge in [-0.3, -0.25) is 4.89 Å². The van der Waals surface area contributed by atoms with Crippen LogP contribution in [0.2, 0.25) is 5.02 Å². The van der Waals surface area contributed by atoms with E-state index in [2.05, 4.69) is 9.78 Å². The van der Waals surface area contributed by atoms with Gasteiger partial charge in [0, 0.05) is 5.02 Å². The van der Waals surface area contributed by atoms with Crippen LogP contribution < -0.4 is 0 Å². The molecule has 0 aliphatic carbocycles. The van der Waals surface area contributed by atoms with Crippen LogP contribution in [0.1, 0.15) is 24.8 Å². The molecule has 1 aromatic carbocycles. The minimum Gasteiger partial charge on any atom is -0.298 e. The predicted octanol–water partition coefficient (Wildman–Crippen LogP) is 2.94. The van der Waals surface area contributed by atoms with Crippen LogP contribution in [0.5, 0.6) is 0 Å². The van der Waals surface area contributed by atoms with E-state index < -0.39 is 5.97 Å². The summed E-state index contributed by atoms with van der Waals surface area (Å²) in [6.45, 7) is 1.89. The van der Waals surface area contributed by atoms with Gasteiger partial charge in [-0.15, -0.1) is 0 Å². The summed E-state index contributed by atoms with van der Waals surface area (Å²) in [5.74, 6) is -0.799. The highest BCUT2D eigenvalue weighted by Crippen LogP contribution is 2.27. The molecule has 0 fully saturated rings. The van der Waals surface area contributed by atoms with Crippen molar-refractivity contribution in [3.05, 3.63) is 34.9 Å². The Labute approximate surface area is 93.9 Å². The summed E-state index contributed by atoms with van der Waals surface area (Å²) < 4.78 is 0. The molecule has 1 aromatic rings. The average molecular weight is 229 g/mol. The zero-order valence-electron chi connectivity index (χ0n) is 8.70. The molecule has 82 valence electrons. The third kappa shape index (κ3) is 2.94. The zero-order valence-corrected chi connectivity index (χ0v) is 9.45. The Morgan fingerprint density at radius 2 is 2.13 bits per heavy atom. The van der Waals surface area contributed by atoms with E-state index in [4.69, 9.17) is 11.6 Å². The first-order valence-corrected chi connectivity index (χ1v) is 5.07. The molecule has 0 spiro atoms. The summed E-state index contributed by atoms with van der Waals surface area (Å²) in [5, 5.41) is 0.567. The van der Waals surface area contributed by atoms with Crippen molar-refractivity contribution >= 4 is 17.6 Å². The third-order valence-electron chi connectivity index (χ3n) is 2.14. The van der Waals surface area contributed by atoms with E-state index in [0.717, 1.165) is 5.56 Å². The van der Waals surface area contributed by atoms with E-state index in [1.54, 1.807) is 6.07 Å². The molecule has 4 heteroatoms. The number of hydrogen-bond acceptors (Lipinski definition) is 3. The van der Waals surface area contributed by atoms with Gasteiger partial charge in [-0.2, -0.15) is 4.89 Å². The molecule has 0 heterocycles. The molecule has 0 N–H and O–H groups in total. The van der Waals surface area contributed by atoms with Crippen LogP contribution >= 0.6 is 11.6 Å². The molecular formula is C11H13ClO3. The molecule has 3 nitrogen and oxygen atoms in total. The lowest BCUT2D eigenvalue weighted by Crippen LogP contribution is -2.15. The van der Waals surface area contributed by atoms with E-state index in [1.165, 1.54) is 7.11 Å². The Balaban J connectivity index is 2.92. The smallest absolute Gasteiger partial charge is 0.298 e. The molecule has 0 aliphatic heterocycles. The molecule has 0 amide bonds. The maximum atomic E-state index is 11.5. The normalized spacial score (nSPS) is 12.2. The fourth-order valence-corrected chi connectivity index (χ4v) is 1.68. The van der Waals surface area contributed by atoms with Crippen molar-refractivity contribution in [2.45, 2.75) is 19.3 Å². The molecular weight excluding hydrogens is 216 g/mol. The molecule has 1 unspecified atom stereocenters. The molecule has 0 aliphatic rings. The number of halogens is 1. The maximum Gasteiger partial charge on any atom is 0.349 e. The molecule has 0 aromatic heterocycles. The van der Waals surface area contributed by atoms with Crippen molar-refractivity contribution in [3.63, 3.8) is 0 Å². The predicted molar refractivity (Wildman–Crippen MR) is 57.6 cm³/mol. The zero-order chi connectivity index (χ0) is 11.3. The number of hydrogen-bond donors (Lipinski definition) is 0. The van der Waals surface area contributed by atoms with Crippen molar-refractivity contribution in [1.82, 2.24) is 0 Å². The fourth-order valence-electron chi connectivity index (χ4n) is 1.41. The minimum absolute atomic E-state index is 0.376. The van der Waals surface area contributed by atoms with Crippen LogP contribution in [0, 0.1) is 0 Å². The molecule has 15 heavy (non-hydrogen) atoms. The summed E-state index contributed by atoms with van der Waals surface area (Å²) in [6.07, 6.45) is 0.617. The second-order valence-corrected chi connectivity index (χ2v) is 3.46. The van der Waals surface area contributed by atoms with E-state index in [0.29, 0.717) is 11.4 Å². The van der Waals surface area contributed by atoms with Crippen LogP contribution in [0.25, 0.3) is 0 Å². The Hall–Kier alpha value is -1.06. The Morgan fingerprint density at radius 3 is 2.67 bits per heavy atom. The highest BCUT2D eigenvalue weighted by Gasteiger charge is 2.22. The molecule has 1 atom stereocenters. The lowest BCUT2D eigenvalue weighted by molar-refractivity contribution is -0.256. The standard InChI is InChI=1S/C11H13ClO3/c1-3-8(11(13)15-14-2)9-6-4-5-7-10(9)12/h4-8H,3H2,1-2H3. The monoisotopic (exact) mass is 228 g/mol. The highest BCUT2D eigenvalue weighted by molar-refractivity contribution is 6.31. The molecule has 0 radical (unpaired) electrons. The largest absolute Gasteiger partial charge is 0.349 e. The van der Waals surface area contributed by atoms with Gasteiger partial charge in [-0.1, -0.05) is 36.7 Å². The minimum atomic E-state index is -0.423. The first kappa shape index (κ1) is 12.0. The molecule has 0 saturated carbocycles. The first-order valence-electron chi connectivity index (χ1n) is 4.69. The van der Waals surface area contributed by atoms with Gasteiger partial charge in [0.1, 0.15) is 0 Å². The topological polar surface area (TPSA) is 35.5 Å². The Kier molecular flexibility index (Phi) is 4.59. The van der Waals surface area contributed by atoms with Crippen molar-refractivity contribution < 1.29 is 14.6 Å². The summed E-state index contributed by atoms with van der Waals surface area (Å²) >= 11 is 5.99. The van der Waals surface area contributed by atoms with Gasteiger partial charge in [0.25, 0.3) is 0 Å². The van der Waals surface area contributed by atoms with Crippen molar-refractivity contribution in [3.8, 4) is 0 Å².